The summed E-state index contributed by atoms with van der Waals surface area (Å²) >= 11 is 0. The zero-order valence-electron chi connectivity index (χ0n) is 13.9. The molecule has 0 bridgehead atoms. The Bertz CT molecular complexity index is 346. The first kappa shape index (κ1) is 18.0. The standard InChI is InChI=1S/C16H31N3O2/c1-5-7-13(3)18-15(20)14-8-6-9-19(11-14)16(21)12(2)10-17-4/h12-14,17H,5-11H2,1-4H3,(H,18,20). The Hall–Kier alpha value is -1.10. The van der Waals surface area contributed by atoms with E-state index in [4.69, 9.17) is 0 Å². The molecule has 2 amide bonds. The molecule has 0 aromatic carbocycles. The maximum absolute atomic E-state index is 12.3. The van der Waals surface area contributed by atoms with Crippen molar-refractivity contribution in [3.05, 3.63) is 0 Å². The van der Waals surface area contributed by atoms with Gasteiger partial charge in [-0.15, -0.1) is 0 Å². The molecule has 3 unspecified atom stereocenters. The Labute approximate surface area is 128 Å². The van der Waals surface area contributed by atoms with Crippen molar-refractivity contribution < 1.29 is 9.59 Å². The predicted molar refractivity (Wildman–Crippen MR) is 84.9 cm³/mol. The third-order valence-corrected chi connectivity index (χ3v) is 4.15. The first-order chi connectivity index (χ1) is 9.99. The highest BCUT2D eigenvalue weighted by molar-refractivity contribution is 5.82. The molecule has 0 radical (unpaired) electrons. The molecule has 1 fully saturated rings. The van der Waals surface area contributed by atoms with E-state index in [1.54, 1.807) is 0 Å². The van der Waals surface area contributed by atoms with Crippen LogP contribution in [0.5, 0.6) is 0 Å². The first-order valence-corrected chi connectivity index (χ1v) is 8.23. The van der Waals surface area contributed by atoms with Crippen molar-refractivity contribution in [3.8, 4) is 0 Å². The lowest BCUT2D eigenvalue weighted by Crippen LogP contribution is -2.49. The molecule has 0 aliphatic carbocycles. The topological polar surface area (TPSA) is 61.4 Å². The fourth-order valence-corrected chi connectivity index (χ4v) is 2.96. The highest BCUT2D eigenvalue weighted by Gasteiger charge is 2.30. The minimum atomic E-state index is -0.0520. The first-order valence-electron chi connectivity index (χ1n) is 8.23. The summed E-state index contributed by atoms with van der Waals surface area (Å²) in [5.41, 5.74) is 0. The molecule has 1 heterocycles. The van der Waals surface area contributed by atoms with Crippen LogP contribution in [-0.4, -0.2) is 49.4 Å². The second-order valence-electron chi connectivity index (χ2n) is 6.28. The van der Waals surface area contributed by atoms with Crippen molar-refractivity contribution in [3.63, 3.8) is 0 Å². The monoisotopic (exact) mass is 297 g/mol. The largest absolute Gasteiger partial charge is 0.353 e. The van der Waals surface area contributed by atoms with Gasteiger partial charge in [0.1, 0.15) is 0 Å². The molecule has 5 nitrogen and oxygen atoms in total. The van der Waals surface area contributed by atoms with Crippen LogP contribution in [0.3, 0.4) is 0 Å². The van der Waals surface area contributed by atoms with Gasteiger partial charge in [0.25, 0.3) is 0 Å². The summed E-state index contributed by atoms with van der Waals surface area (Å²) in [7, 11) is 1.85. The van der Waals surface area contributed by atoms with Crippen molar-refractivity contribution in [2.75, 3.05) is 26.7 Å². The van der Waals surface area contributed by atoms with E-state index in [1.165, 1.54) is 0 Å². The van der Waals surface area contributed by atoms with E-state index in [1.807, 2.05) is 25.8 Å². The number of likely N-dealkylation sites (tertiary alicyclic amines) is 1. The van der Waals surface area contributed by atoms with Gasteiger partial charge in [-0.3, -0.25) is 9.59 Å². The van der Waals surface area contributed by atoms with Gasteiger partial charge in [-0.2, -0.15) is 0 Å². The molecule has 1 aliphatic rings. The maximum atomic E-state index is 12.3. The van der Waals surface area contributed by atoms with Crippen LogP contribution in [0, 0.1) is 11.8 Å². The van der Waals surface area contributed by atoms with Gasteiger partial charge >= 0.3 is 0 Å². The molecule has 2 N–H and O–H groups in total. The molecular weight excluding hydrogens is 266 g/mol. The SMILES string of the molecule is CCCC(C)NC(=O)C1CCCN(C(=O)C(C)CNC)C1. The summed E-state index contributed by atoms with van der Waals surface area (Å²) in [6.07, 6.45) is 3.87. The summed E-state index contributed by atoms with van der Waals surface area (Å²) in [4.78, 5) is 26.5. The summed E-state index contributed by atoms with van der Waals surface area (Å²) in [6.45, 7) is 8.12. The number of rotatable bonds is 7. The number of piperidine rings is 1. The second-order valence-corrected chi connectivity index (χ2v) is 6.28. The van der Waals surface area contributed by atoms with Crippen molar-refractivity contribution in [2.24, 2.45) is 11.8 Å². The molecule has 1 rings (SSSR count). The van der Waals surface area contributed by atoms with Gasteiger partial charge in [-0.25, -0.2) is 0 Å². The van der Waals surface area contributed by atoms with Gasteiger partial charge in [-0.1, -0.05) is 20.3 Å². The molecule has 21 heavy (non-hydrogen) atoms. The van der Waals surface area contributed by atoms with Crippen LogP contribution in [0.25, 0.3) is 0 Å². The van der Waals surface area contributed by atoms with Crippen LogP contribution in [0.15, 0.2) is 0 Å². The molecule has 0 aromatic heterocycles. The highest BCUT2D eigenvalue weighted by atomic mass is 16.2. The van der Waals surface area contributed by atoms with Crippen LogP contribution in [-0.2, 0) is 9.59 Å². The van der Waals surface area contributed by atoms with Crippen molar-refractivity contribution in [2.45, 2.75) is 52.5 Å². The van der Waals surface area contributed by atoms with Crippen LogP contribution < -0.4 is 10.6 Å². The fourth-order valence-electron chi connectivity index (χ4n) is 2.96. The van der Waals surface area contributed by atoms with Crippen molar-refractivity contribution in [1.82, 2.24) is 15.5 Å². The Morgan fingerprint density at radius 3 is 2.67 bits per heavy atom. The highest BCUT2D eigenvalue weighted by Crippen LogP contribution is 2.19. The Morgan fingerprint density at radius 2 is 2.05 bits per heavy atom. The van der Waals surface area contributed by atoms with Gasteiger partial charge in [0.15, 0.2) is 0 Å². The van der Waals surface area contributed by atoms with Crippen molar-refractivity contribution >= 4 is 11.8 Å². The molecular formula is C16H31N3O2. The van der Waals surface area contributed by atoms with Crippen molar-refractivity contribution in [1.29, 1.82) is 0 Å². The summed E-state index contributed by atoms with van der Waals surface area (Å²) < 4.78 is 0. The van der Waals surface area contributed by atoms with E-state index < -0.39 is 0 Å². The Morgan fingerprint density at radius 1 is 1.33 bits per heavy atom. The average Bonchev–Trinajstić information content (AvgIpc) is 2.47. The van der Waals surface area contributed by atoms with Crippen LogP contribution in [0.4, 0.5) is 0 Å². The number of hydrogen-bond donors (Lipinski definition) is 2. The van der Waals surface area contributed by atoms with Gasteiger partial charge < -0.3 is 15.5 Å². The minimum absolute atomic E-state index is 0.0316. The second kappa shape index (κ2) is 9.03. The third kappa shape index (κ3) is 5.65. The van der Waals surface area contributed by atoms with Gasteiger partial charge in [0, 0.05) is 31.6 Å². The van der Waals surface area contributed by atoms with E-state index in [2.05, 4.69) is 17.6 Å². The summed E-state index contributed by atoms with van der Waals surface area (Å²) in [6, 6.07) is 0.219. The minimum Gasteiger partial charge on any atom is -0.353 e. The average molecular weight is 297 g/mol. The number of nitrogens with one attached hydrogen (secondary N) is 2. The van der Waals surface area contributed by atoms with E-state index in [0.717, 1.165) is 32.2 Å². The number of hydrogen-bond acceptors (Lipinski definition) is 3. The summed E-state index contributed by atoms with van der Waals surface area (Å²) in [5, 5.41) is 6.11. The maximum Gasteiger partial charge on any atom is 0.226 e. The van der Waals surface area contributed by atoms with E-state index in [0.29, 0.717) is 13.1 Å². The third-order valence-electron chi connectivity index (χ3n) is 4.15. The predicted octanol–water partition coefficient (Wildman–Crippen LogP) is 1.39. The van der Waals surface area contributed by atoms with E-state index in [9.17, 15) is 9.59 Å². The van der Waals surface area contributed by atoms with E-state index >= 15 is 0 Å². The molecule has 5 heteroatoms. The Kier molecular flexibility index (Phi) is 7.72. The van der Waals surface area contributed by atoms with Crippen LogP contribution in [0.1, 0.15) is 46.5 Å². The Balaban J connectivity index is 2.51. The lowest BCUT2D eigenvalue weighted by atomic mass is 9.95. The zero-order valence-corrected chi connectivity index (χ0v) is 13.9. The number of carbonyl (C=O) groups is 2. The molecule has 122 valence electrons. The van der Waals surface area contributed by atoms with Crippen LogP contribution >= 0.6 is 0 Å². The molecule has 1 aliphatic heterocycles. The molecule has 3 atom stereocenters. The van der Waals surface area contributed by atoms with E-state index in [-0.39, 0.29) is 29.7 Å². The molecule has 0 spiro atoms. The molecule has 1 saturated heterocycles. The van der Waals surface area contributed by atoms with Gasteiger partial charge in [0.2, 0.25) is 11.8 Å². The quantitative estimate of drug-likeness (QED) is 0.746. The molecule has 0 saturated carbocycles. The lowest BCUT2D eigenvalue weighted by molar-refractivity contribution is -0.138. The molecule has 0 aromatic rings. The fraction of sp³-hybridized carbons (Fsp3) is 0.875. The number of amides is 2. The number of nitrogens with zero attached hydrogens (tertiary/aromatic N) is 1. The summed E-state index contributed by atoms with van der Waals surface area (Å²) in [5.74, 6) is 0.179. The van der Waals surface area contributed by atoms with Gasteiger partial charge in [-0.05, 0) is 33.2 Å². The zero-order chi connectivity index (χ0) is 15.8. The normalized spacial score (nSPS) is 21.7. The lowest BCUT2D eigenvalue weighted by Gasteiger charge is -2.34. The number of carbonyl (C=O) groups excluding carboxylic acids is 2. The van der Waals surface area contributed by atoms with Gasteiger partial charge in [0.05, 0.1) is 5.92 Å². The smallest absolute Gasteiger partial charge is 0.226 e. The van der Waals surface area contributed by atoms with Crippen LogP contribution in [0.2, 0.25) is 0 Å².